The van der Waals surface area contributed by atoms with E-state index in [2.05, 4.69) is 10.6 Å². The lowest BCUT2D eigenvalue weighted by atomic mass is 10.3. The van der Waals surface area contributed by atoms with Crippen molar-refractivity contribution in [1.29, 1.82) is 0 Å². The lowest BCUT2D eigenvalue weighted by Crippen LogP contribution is -2.32. The zero-order chi connectivity index (χ0) is 12.0. The molecule has 0 atom stereocenters. The van der Waals surface area contributed by atoms with Gasteiger partial charge in [0.05, 0.1) is 0 Å². The average molecular weight is 255 g/mol. The standard InChI is InChI=1S/C11H11ClN2OS/c1-2-4-10(15)14-11(16)13-9-6-3-5-8(12)7-9/h2-7H,1H3,(H2,13,14,15,16)/b4-2+. The zero-order valence-corrected chi connectivity index (χ0v) is 10.2. The maximum Gasteiger partial charge on any atom is 0.249 e. The van der Waals surface area contributed by atoms with Gasteiger partial charge in [-0.3, -0.25) is 10.1 Å². The summed E-state index contributed by atoms with van der Waals surface area (Å²) in [7, 11) is 0. The van der Waals surface area contributed by atoms with Gasteiger partial charge in [-0.25, -0.2) is 0 Å². The Balaban J connectivity index is 2.55. The Hall–Kier alpha value is -1.39. The third-order valence-corrected chi connectivity index (χ3v) is 2.08. The summed E-state index contributed by atoms with van der Waals surface area (Å²) in [6.45, 7) is 1.76. The van der Waals surface area contributed by atoms with E-state index in [0.29, 0.717) is 5.02 Å². The highest BCUT2D eigenvalue weighted by atomic mass is 35.5. The summed E-state index contributed by atoms with van der Waals surface area (Å²) in [5, 5.41) is 6.20. The second-order valence-electron chi connectivity index (χ2n) is 2.95. The van der Waals surface area contributed by atoms with Crippen molar-refractivity contribution in [2.24, 2.45) is 0 Å². The number of benzene rings is 1. The highest BCUT2D eigenvalue weighted by molar-refractivity contribution is 7.80. The molecular weight excluding hydrogens is 244 g/mol. The van der Waals surface area contributed by atoms with Crippen LogP contribution in [0.2, 0.25) is 5.02 Å². The van der Waals surface area contributed by atoms with E-state index in [1.54, 1.807) is 37.3 Å². The van der Waals surface area contributed by atoms with Crippen LogP contribution < -0.4 is 10.6 Å². The number of carbonyl (C=O) groups excluding carboxylic acids is 1. The molecule has 0 unspecified atom stereocenters. The minimum absolute atomic E-state index is 0.241. The fourth-order valence-electron chi connectivity index (χ4n) is 1.03. The van der Waals surface area contributed by atoms with E-state index in [1.807, 2.05) is 0 Å². The molecule has 0 aliphatic rings. The number of hydrogen-bond donors (Lipinski definition) is 2. The van der Waals surface area contributed by atoms with E-state index in [-0.39, 0.29) is 11.0 Å². The smallest absolute Gasteiger partial charge is 0.249 e. The van der Waals surface area contributed by atoms with E-state index in [1.165, 1.54) is 6.08 Å². The third-order valence-electron chi connectivity index (χ3n) is 1.64. The van der Waals surface area contributed by atoms with Gasteiger partial charge in [0.15, 0.2) is 5.11 Å². The predicted octanol–water partition coefficient (Wildman–Crippen LogP) is 2.73. The third kappa shape index (κ3) is 4.42. The van der Waals surface area contributed by atoms with Crippen molar-refractivity contribution in [3.63, 3.8) is 0 Å². The summed E-state index contributed by atoms with van der Waals surface area (Å²) in [4.78, 5) is 11.2. The molecule has 0 aliphatic heterocycles. The lowest BCUT2D eigenvalue weighted by molar-refractivity contribution is -0.115. The molecule has 0 radical (unpaired) electrons. The van der Waals surface area contributed by atoms with E-state index in [0.717, 1.165) is 5.69 Å². The molecule has 1 amide bonds. The first-order valence-corrected chi connectivity index (χ1v) is 5.40. The van der Waals surface area contributed by atoms with E-state index in [9.17, 15) is 4.79 Å². The van der Waals surface area contributed by atoms with Gasteiger partial charge in [0.2, 0.25) is 5.91 Å². The fraction of sp³-hybridized carbons (Fsp3) is 0.0909. The van der Waals surface area contributed by atoms with Crippen LogP contribution in [0.25, 0.3) is 0 Å². The first-order chi connectivity index (χ1) is 7.61. The summed E-state index contributed by atoms with van der Waals surface area (Å²) in [6, 6.07) is 7.07. The monoisotopic (exact) mass is 254 g/mol. The Morgan fingerprint density at radius 2 is 2.25 bits per heavy atom. The highest BCUT2D eigenvalue weighted by Gasteiger charge is 2.01. The number of halogens is 1. The number of thiocarbonyl (C=S) groups is 1. The summed E-state index contributed by atoms with van der Waals surface area (Å²) in [5.41, 5.74) is 0.735. The molecule has 1 aromatic carbocycles. The minimum Gasteiger partial charge on any atom is -0.332 e. The van der Waals surface area contributed by atoms with Crippen LogP contribution in [-0.2, 0) is 4.79 Å². The maximum absolute atomic E-state index is 11.2. The van der Waals surface area contributed by atoms with Gasteiger partial charge in [-0.05, 0) is 43.4 Å². The molecule has 0 spiro atoms. The molecule has 0 bridgehead atoms. The number of anilines is 1. The van der Waals surface area contributed by atoms with Crippen LogP contribution in [0.1, 0.15) is 6.92 Å². The second-order valence-corrected chi connectivity index (χ2v) is 3.80. The highest BCUT2D eigenvalue weighted by Crippen LogP contribution is 2.14. The molecule has 0 heterocycles. The number of carbonyl (C=O) groups is 1. The fourth-order valence-corrected chi connectivity index (χ4v) is 1.44. The molecule has 16 heavy (non-hydrogen) atoms. The SMILES string of the molecule is C/C=C/C(=O)NC(=S)Nc1cccc(Cl)c1. The van der Waals surface area contributed by atoms with Crippen LogP contribution in [0.15, 0.2) is 36.4 Å². The second kappa shape index (κ2) is 6.25. The van der Waals surface area contributed by atoms with Gasteiger partial charge in [0, 0.05) is 10.7 Å². The van der Waals surface area contributed by atoms with Gasteiger partial charge in [0.1, 0.15) is 0 Å². The van der Waals surface area contributed by atoms with Gasteiger partial charge in [-0.2, -0.15) is 0 Å². The lowest BCUT2D eigenvalue weighted by Gasteiger charge is -2.07. The van der Waals surface area contributed by atoms with Crippen molar-refractivity contribution >= 4 is 40.5 Å². The molecule has 2 N–H and O–H groups in total. The normalized spacial score (nSPS) is 10.1. The molecule has 0 saturated heterocycles. The molecule has 3 nitrogen and oxygen atoms in total. The van der Waals surface area contributed by atoms with Crippen molar-refractivity contribution in [1.82, 2.24) is 5.32 Å². The Kier molecular flexibility index (Phi) is 4.95. The molecule has 5 heteroatoms. The van der Waals surface area contributed by atoms with Gasteiger partial charge in [-0.15, -0.1) is 0 Å². The van der Waals surface area contributed by atoms with Gasteiger partial charge in [0.25, 0.3) is 0 Å². The number of allylic oxidation sites excluding steroid dienone is 1. The Morgan fingerprint density at radius 1 is 1.50 bits per heavy atom. The Morgan fingerprint density at radius 3 is 2.88 bits per heavy atom. The summed E-state index contributed by atoms with van der Waals surface area (Å²) in [5.74, 6) is -0.262. The summed E-state index contributed by atoms with van der Waals surface area (Å²) < 4.78 is 0. The average Bonchev–Trinajstić information content (AvgIpc) is 2.17. The van der Waals surface area contributed by atoms with Crippen LogP contribution in [-0.4, -0.2) is 11.0 Å². The number of hydrogen-bond acceptors (Lipinski definition) is 2. The molecule has 0 saturated carbocycles. The van der Waals surface area contributed by atoms with Crippen molar-refractivity contribution < 1.29 is 4.79 Å². The van der Waals surface area contributed by atoms with Crippen LogP contribution in [0.3, 0.4) is 0 Å². The van der Waals surface area contributed by atoms with Crippen LogP contribution in [0.4, 0.5) is 5.69 Å². The molecule has 0 fully saturated rings. The van der Waals surface area contributed by atoms with Crippen molar-refractivity contribution in [3.05, 3.63) is 41.4 Å². The van der Waals surface area contributed by atoms with Crippen molar-refractivity contribution in [3.8, 4) is 0 Å². The van der Waals surface area contributed by atoms with Crippen LogP contribution in [0.5, 0.6) is 0 Å². The van der Waals surface area contributed by atoms with E-state index in [4.69, 9.17) is 23.8 Å². The van der Waals surface area contributed by atoms with Gasteiger partial charge >= 0.3 is 0 Å². The molecule has 1 rings (SSSR count). The topological polar surface area (TPSA) is 41.1 Å². The van der Waals surface area contributed by atoms with Crippen molar-refractivity contribution in [2.75, 3.05) is 5.32 Å². The van der Waals surface area contributed by atoms with E-state index < -0.39 is 0 Å². The van der Waals surface area contributed by atoms with Crippen LogP contribution in [0, 0.1) is 0 Å². The van der Waals surface area contributed by atoms with Crippen LogP contribution >= 0.6 is 23.8 Å². The first kappa shape index (κ1) is 12.7. The predicted molar refractivity (Wildman–Crippen MR) is 70.6 cm³/mol. The Bertz CT molecular complexity index is 432. The number of amides is 1. The number of rotatable bonds is 2. The zero-order valence-electron chi connectivity index (χ0n) is 8.66. The molecule has 0 aromatic heterocycles. The van der Waals surface area contributed by atoms with Crippen molar-refractivity contribution in [2.45, 2.75) is 6.92 Å². The molecule has 0 aliphatic carbocycles. The molecular formula is C11H11ClN2OS. The number of nitrogens with one attached hydrogen (secondary N) is 2. The summed E-state index contributed by atoms with van der Waals surface area (Å²) in [6.07, 6.45) is 3.03. The Labute approximate surface area is 104 Å². The van der Waals surface area contributed by atoms with Gasteiger partial charge < -0.3 is 5.32 Å². The molecule has 1 aromatic rings. The largest absolute Gasteiger partial charge is 0.332 e. The van der Waals surface area contributed by atoms with Gasteiger partial charge in [-0.1, -0.05) is 23.7 Å². The maximum atomic E-state index is 11.2. The first-order valence-electron chi connectivity index (χ1n) is 4.62. The summed E-state index contributed by atoms with van der Waals surface area (Å²) >= 11 is 10.8. The quantitative estimate of drug-likeness (QED) is 0.630. The minimum atomic E-state index is -0.262. The van der Waals surface area contributed by atoms with E-state index >= 15 is 0 Å². The molecule has 84 valence electrons.